The highest BCUT2D eigenvalue weighted by Gasteiger charge is 2.16. The maximum absolute atomic E-state index is 12.7. The predicted molar refractivity (Wildman–Crippen MR) is 131 cm³/mol. The molecule has 0 aliphatic carbocycles. The summed E-state index contributed by atoms with van der Waals surface area (Å²) in [4.78, 5) is 20.3. The number of H-pyrrole nitrogens is 1. The second-order valence-corrected chi connectivity index (χ2v) is 9.47. The number of hydrogen-bond acceptors (Lipinski definition) is 5. The summed E-state index contributed by atoms with van der Waals surface area (Å²) in [5.74, 6) is -0.0192. The molecule has 10 heteroatoms. The number of primary sulfonamides is 1. The van der Waals surface area contributed by atoms with Gasteiger partial charge in [-0.3, -0.25) is 14.8 Å². The van der Waals surface area contributed by atoms with Crippen LogP contribution in [0.1, 0.15) is 11.3 Å². The highest BCUT2D eigenvalue weighted by Crippen LogP contribution is 2.28. The van der Waals surface area contributed by atoms with Crippen LogP contribution in [0.5, 0.6) is 0 Å². The topological polar surface area (TPSA) is 161 Å². The number of amidine groups is 1. The van der Waals surface area contributed by atoms with Crippen molar-refractivity contribution in [1.29, 1.82) is 5.41 Å². The minimum atomic E-state index is -3.91. The number of nitrogens with zero attached hydrogens (tertiary/aromatic N) is 2. The van der Waals surface area contributed by atoms with E-state index in [0.29, 0.717) is 27.7 Å². The van der Waals surface area contributed by atoms with Gasteiger partial charge in [0.05, 0.1) is 28.7 Å². The lowest BCUT2D eigenvalue weighted by Crippen LogP contribution is -2.21. The predicted octanol–water partition coefficient (Wildman–Crippen LogP) is 2.52. The number of aromatic nitrogens is 3. The van der Waals surface area contributed by atoms with Gasteiger partial charge < -0.3 is 10.7 Å². The van der Waals surface area contributed by atoms with Crippen molar-refractivity contribution in [2.24, 2.45) is 10.9 Å². The van der Waals surface area contributed by atoms with Crippen molar-refractivity contribution < 1.29 is 8.42 Å². The van der Waals surface area contributed by atoms with E-state index in [4.69, 9.17) is 16.3 Å². The van der Waals surface area contributed by atoms with Gasteiger partial charge in [-0.05, 0) is 41.3 Å². The maximum Gasteiger partial charge on any atom is 0.269 e. The quantitative estimate of drug-likeness (QED) is 0.228. The van der Waals surface area contributed by atoms with Crippen LogP contribution >= 0.6 is 0 Å². The Morgan fingerprint density at radius 2 is 1.85 bits per heavy atom. The summed E-state index contributed by atoms with van der Waals surface area (Å²) < 4.78 is 25.6. The number of nitrogens with one attached hydrogen (secondary N) is 2. The average Bonchev–Trinajstić information content (AvgIpc) is 3.22. The van der Waals surface area contributed by atoms with E-state index in [0.717, 1.165) is 16.6 Å². The lowest BCUT2D eigenvalue weighted by molar-refractivity contribution is 0.598. The van der Waals surface area contributed by atoms with Crippen LogP contribution in [0.2, 0.25) is 0 Å². The molecule has 0 bridgehead atoms. The summed E-state index contributed by atoms with van der Waals surface area (Å²) in [6, 6.07) is 19.1. The monoisotopic (exact) mass is 472 g/mol. The molecule has 0 saturated carbocycles. The molecule has 5 rings (SSSR count). The van der Waals surface area contributed by atoms with Crippen LogP contribution in [0.25, 0.3) is 33.1 Å². The number of rotatable bonds is 5. The minimum Gasteiger partial charge on any atom is -0.384 e. The Labute approximate surface area is 194 Å². The van der Waals surface area contributed by atoms with Crippen molar-refractivity contribution in [3.05, 3.63) is 94.5 Å². The molecule has 170 valence electrons. The zero-order chi connectivity index (χ0) is 24.0. The molecule has 0 aliphatic heterocycles. The Balaban J connectivity index is 1.59. The van der Waals surface area contributed by atoms with Gasteiger partial charge in [0.25, 0.3) is 5.56 Å². The van der Waals surface area contributed by atoms with Crippen LogP contribution in [0.3, 0.4) is 0 Å². The number of fused-ring (bicyclic) bond motifs is 2. The van der Waals surface area contributed by atoms with Gasteiger partial charge in [-0.25, -0.2) is 18.5 Å². The molecule has 6 N–H and O–H groups in total. The first-order valence-corrected chi connectivity index (χ1v) is 11.8. The van der Waals surface area contributed by atoms with Gasteiger partial charge in [-0.15, -0.1) is 0 Å². The lowest BCUT2D eigenvalue weighted by Gasteiger charge is -2.12. The maximum atomic E-state index is 12.7. The first kappa shape index (κ1) is 21.6. The number of nitrogens with two attached hydrogens (primary N) is 2. The van der Waals surface area contributed by atoms with Gasteiger partial charge in [-0.2, -0.15) is 0 Å². The number of benzene rings is 3. The van der Waals surface area contributed by atoms with Crippen LogP contribution in [0.15, 0.2) is 82.6 Å². The largest absolute Gasteiger partial charge is 0.384 e. The van der Waals surface area contributed by atoms with Gasteiger partial charge >= 0.3 is 0 Å². The summed E-state index contributed by atoms with van der Waals surface area (Å²) in [7, 11) is -3.91. The summed E-state index contributed by atoms with van der Waals surface area (Å²) in [5.41, 5.74) is 9.76. The number of nitrogen functional groups attached to an aromatic ring is 1. The van der Waals surface area contributed by atoms with Gasteiger partial charge in [-0.1, -0.05) is 36.4 Å². The summed E-state index contributed by atoms with van der Waals surface area (Å²) in [6.07, 6.45) is 1.24. The number of hydrogen-bond donors (Lipinski definition) is 4. The standard InChI is InChI=1S/C24H20N6O3S/c25-24(26)16-6-5-15-9-17(29-19(15)11-16)13-30-21-8-7-14(10-20(21)28-12-23(30)31)18-3-1-2-4-22(18)34(27,32)33/h1-12,29H,13H2,(H3,25,26)(H2,27,32,33). The van der Waals surface area contributed by atoms with Gasteiger partial charge in [0.2, 0.25) is 10.0 Å². The normalized spacial score (nSPS) is 11.8. The van der Waals surface area contributed by atoms with Crippen molar-refractivity contribution in [3.8, 4) is 11.1 Å². The van der Waals surface area contributed by atoms with Crippen LogP contribution in [0.4, 0.5) is 0 Å². The van der Waals surface area contributed by atoms with E-state index in [1.807, 2.05) is 12.1 Å². The van der Waals surface area contributed by atoms with Gasteiger partial charge in [0, 0.05) is 22.3 Å². The summed E-state index contributed by atoms with van der Waals surface area (Å²) >= 11 is 0. The molecule has 0 fully saturated rings. The second kappa shape index (κ2) is 7.94. The zero-order valence-corrected chi connectivity index (χ0v) is 18.6. The average molecular weight is 473 g/mol. The molecule has 0 spiro atoms. The first-order valence-electron chi connectivity index (χ1n) is 10.3. The van der Waals surface area contributed by atoms with E-state index in [2.05, 4.69) is 9.97 Å². The van der Waals surface area contributed by atoms with Gasteiger partial charge in [0.1, 0.15) is 5.84 Å². The lowest BCUT2D eigenvalue weighted by atomic mass is 10.0. The smallest absolute Gasteiger partial charge is 0.269 e. The minimum absolute atomic E-state index is 0.0191. The van der Waals surface area contributed by atoms with Crippen LogP contribution in [0, 0.1) is 5.41 Å². The summed E-state index contributed by atoms with van der Waals surface area (Å²) in [6.45, 7) is 0.273. The Morgan fingerprint density at radius 1 is 1.06 bits per heavy atom. The van der Waals surface area contributed by atoms with E-state index in [1.165, 1.54) is 12.3 Å². The Morgan fingerprint density at radius 3 is 2.62 bits per heavy atom. The molecule has 2 aromatic heterocycles. The van der Waals surface area contributed by atoms with E-state index < -0.39 is 10.0 Å². The molecule has 5 aromatic rings. The fourth-order valence-electron chi connectivity index (χ4n) is 4.06. The number of sulfonamides is 1. The van der Waals surface area contributed by atoms with Gasteiger partial charge in [0.15, 0.2) is 0 Å². The Bertz CT molecular complexity index is 1770. The fourth-order valence-corrected chi connectivity index (χ4v) is 4.82. The number of aromatic amines is 1. The highest BCUT2D eigenvalue weighted by molar-refractivity contribution is 7.89. The molecule has 2 heterocycles. The van der Waals surface area contributed by atoms with E-state index in [9.17, 15) is 13.2 Å². The second-order valence-electron chi connectivity index (χ2n) is 7.94. The van der Waals surface area contributed by atoms with Crippen LogP contribution < -0.4 is 16.4 Å². The third kappa shape index (κ3) is 3.85. The fraction of sp³-hybridized carbons (Fsp3) is 0.0417. The van der Waals surface area contributed by atoms with Crippen LogP contribution in [-0.2, 0) is 16.6 Å². The van der Waals surface area contributed by atoms with E-state index in [-0.39, 0.29) is 22.8 Å². The molecular formula is C24H20N6O3S. The molecule has 34 heavy (non-hydrogen) atoms. The van der Waals surface area contributed by atoms with Crippen molar-refractivity contribution in [1.82, 2.24) is 14.5 Å². The molecule has 3 aromatic carbocycles. The van der Waals surface area contributed by atoms with Crippen molar-refractivity contribution in [2.45, 2.75) is 11.4 Å². The third-order valence-corrected chi connectivity index (χ3v) is 6.64. The molecule has 0 radical (unpaired) electrons. The SMILES string of the molecule is N=C(N)c1ccc2cc(Cn3c(=O)cnc4cc(-c5ccccc5S(N)(=O)=O)ccc43)[nH]c2c1. The van der Waals surface area contributed by atoms with E-state index in [1.54, 1.807) is 53.1 Å². The molecule has 9 nitrogen and oxygen atoms in total. The molecule has 0 amide bonds. The Hall–Kier alpha value is -4.28. The summed E-state index contributed by atoms with van der Waals surface area (Å²) in [5, 5.41) is 13.9. The molecule has 0 aliphatic rings. The van der Waals surface area contributed by atoms with Crippen molar-refractivity contribution in [2.75, 3.05) is 0 Å². The first-order chi connectivity index (χ1) is 16.2. The van der Waals surface area contributed by atoms with Crippen molar-refractivity contribution >= 4 is 37.8 Å². The highest BCUT2D eigenvalue weighted by atomic mass is 32.2. The van der Waals surface area contributed by atoms with Crippen molar-refractivity contribution in [3.63, 3.8) is 0 Å². The zero-order valence-electron chi connectivity index (χ0n) is 17.8. The molecular weight excluding hydrogens is 452 g/mol. The third-order valence-electron chi connectivity index (χ3n) is 5.67. The molecule has 0 saturated heterocycles. The molecule has 0 atom stereocenters. The Kier molecular flexibility index (Phi) is 5.03. The van der Waals surface area contributed by atoms with Crippen LogP contribution in [-0.4, -0.2) is 28.8 Å². The van der Waals surface area contributed by atoms with E-state index >= 15 is 0 Å². The molecule has 0 unspecified atom stereocenters.